The van der Waals surface area contributed by atoms with Crippen LogP contribution in [0.1, 0.15) is 0 Å². The first-order valence-electron chi connectivity index (χ1n) is 3.13. The van der Waals surface area contributed by atoms with Crippen LogP contribution >= 0.6 is 0 Å². The van der Waals surface area contributed by atoms with Crippen LogP contribution in [0.25, 0.3) is 0 Å². The molecule has 0 amide bonds. The maximum absolute atomic E-state index is 12.5. The Morgan fingerprint density at radius 3 is 2.62 bits per heavy atom. The van der Waals surface area contributed by atoms with Crippen LogP contribution in [0.15, 0.2) is 33.9 Å². The highest BCUT2D eigenvalue weighted by molar-refractivity contribution is 7.84. The summed E-state index contributed by atoms with van der Waals surface area (Å²) in [6, 6.07) is 4.84. The standard InChI is InChI=1S/C6H5FN2O3S/c7-5-2-1-3-6(4-5)8-9-13(10,11)12/h1-4H,(H,10,11,12)/b9-8+. The van der Waals surface area contributed by atoms with Crippen molar-refractivity contribution in [1.82, 2.24) is 0 Å². The maximum Gasteiger partial charge on any atom is 0.396 e. The number of hydrogen-bond acceptors (Lipinski definition) is 3. The van der Waals surface area contributed by atoms with Crippen molar-refractivity contribution >= 4 is 16.0 Å². The number of rotatable bonds is 2. The molecule has 0 fully saturated rings. The molecule has 0 aromatic heterocycles. The van der Waals surface area contributed by atoms with Crippen molar-refractivity contribution in [1.29, 1.82) is 0 Å². The van der Waals surface area contributed by atoms with Crippen LogP contribution in [0.3, 0.4) is 0 Å². The predicted molar refractivity (Wildman–Crippen MR) is 42.5 cm³/mol. The molecule has 5 nitrogen and oxygen atoms in total. The van der Waals surface area contributed by atoms with Crippen molar-refractivity contribution < 1.29 is 17.4 Å². The Bertz CT molecular complexity index is 429. The minimum Gasteiger partial charge on any atom is -0.267 e. The fourth-order valence-electron chi connectivity index (χ4n) is 0.637. The molecule has 13 heavy (non-hydrogen) atoms. The van der Waals surface area contributed by atoms with Crippen molar-refractivity contribution in [3.8, 4) is 0 Å². The Kier molecular flexibility index (Phi) is 2.69. The molecule has 0 spiro atoms. The Balaban J connectivity index is 2.93. The summed E-state index contributed by atoms with van der Waals surface area (Å²) in [6.45, 7) is 0. The van der Waals surface area contributed by atoms with E-state index in [1.54, 1.807) is 0 Å². The Labute approximate surface area is 73.8 Å². The van der Waals surface area contributed by atoms with Crippen molar-refractivity contribution in [3.05, 3.63) is 30.1 Å². The summed E-state index contributed by atoms with van der Waals surface area (Å²) in [4.78, 5) is 0. The zero-order valence-electron chi connectivity index (χ0n) is 6.25. The lowest BCUT2D eigenvalue weighted by molar-refractivity contribution is 0.482. The van der Waals surface area contributed by atoms with E-state index in [1.807, 2.05) is 0 Å². The van der Waals surface area contributed by atoms with E-state index < -0.39 is 16.1 Å². The van der Waals surface area contributed by atoms with Crippen LogP contribution in [0.2, 0.25) is 0 Å². The minimum absolute atomic E-state index is 0.0117. The Hall–Kier alpha value is -1.34. The fourth-order valence-corrected chi connectivity index (χ4v) is 0.835. The molecular weight excluding hydrogens is 199 g/mol. The van der Waals surface area contributed by atoms with Gasteiger partial charge in [-0.1, -0.05) is 6.07 Å². The molecule has 0 aliphatic rings. The van der Waals surface area contributed by atoms with Crippen molar-refractivity contribution in [2.24, 2.45) is 9.63 Å². The van der Waals surface area contributed by atoms with Gasteiger partial charge in [-0.2, -0.15) is 8.42 Å². The quantitative estimate of drug-likeness (QED) is 0.588. The molecule has 1 aromatic carbocycles. The molecule has 0 atom stereocenters. The van der Waals surface area contributed by atoms with Crippen molar-refractivity contribution in [3.63, 3.8) is 0 Å². The zero-order chi connectivity index (χ0) is 9.90. The van der Waals surface area contributed by atoms with Gasteiger partial charge in [0.2, 0.25) is 0 Å². The number of halogens is 1. The largest absolute Gasteiger partial charge is 0.396 e. The van der Waals surface area contributed by atoms with Crippen LogP contribution in [0.5, 0.6) is 0 Å². The second-order valence-electron chi connectivity index (χ2n) is 2.11. The summed E-state index contributed by atoms with van der Waals surface area (Å²) in [5.41, 5.74) is 0.0117. The molecule has 0 saturated heterocycles. The molecule has 0 radical (unpaired) electrons. The third-order valence-corrected chi connectivity index (χ3v) is 1.36. The lowest BCUT2D eigenvalue weighted by atomic mass is 10.3. The van der Waals surface area contributed by atoms with Gasteiger partial charge < -0.3 is 0 Å². The average molecular weight is 204 g/mol. The monoisotopic (exact) mass is 204 g/mol. The van der Waals surface area contributed by atoms with E-state index in [2.05, 4.69) is 9.63 Å². The first-order chi connectivity index (χ1) is 5.97. The second kappa shape index (κ2) is 3.58. The molecule has 0 unspecified atom stereocenters. The predicted octanol–water partition coefficient (Wildman–Crippen LogP) is 1.71. The Morgan fingerprint density at radius 1 is 1.38 bits per heavy atom. The van der Waals surface area contributed by atoms with Crippen LogP contribution in [-0.2, 0) is 10.3 Å². The van der Waals surface area contributed by atoms with Crippen LogP contribution < -0.4 is 0 Å². The Morgan fingerprint density at radius 2 is 2.08 bits per heavy atom. The second-order valence-corrected chi connectivity index (χ2v) is 3.17. The van der Waals surface area contributed by atoms with Gasteiger partial charge in [-0.3, -0.25) is 4.55 Å². The normalized spacial score (nSPS) is 12.2. The van der Waals surface area contributed by atoms with E-state index in [0.29, 0.717) is 0 Å². The van der Waals surface area contributed by atoms with Crippen molar-refractivity contribution in [2.45, 2.75) is 0 Å². The third kappa shape index (κ3) is 3.72. The van der Waals surface area contributed by atoms with E-state index in [1.165, 1.54) is 18.2 Å². The van der Waals surface area contributed by atoms with E-state index >= 15 is 0 Å². The highest BCUT2D eigenvalue weighted by atomic mass is 32.2. The minimum atomic E-state index is -4.50. The van der Waals surface area contributed by atoms with E-state index in [0.717, 1.165) is 6.07 Å². The van der Waals surface area contributed by atoms with Crippen molar-refractivity contribution in [2.75, 3.05) is 0 Å². The lowest BCUT2D eigenvalue weighted by Gasteiger charge is -1.90. The van der Waals surface area contributed by atoms with E-state index in [-0.39, 0.29) is 5.69 Å². The molecule has 0 aliphatic heterocycles. The van der Waals surface area contributed by atoms with Gasteiger partial charge in [-0.25, -0.2) is 4.39 Å². The third-order valence-electron chi connectivity index (χ3n) is 1.07. The molecule has 70 valence electrons. The fraction of sp³-hybridized carbons (Fsp3) is 0. The summed E-state index contributed by atoms with van der Waals surface area (Å²) in [6.07, 6.45) is 0. The molecule has 0 aliphatic carbocycles. The highest BCUT2D eigenvalue weighted by Gasteiger charge is 1.98. The van der Waals surface area contributed by atoms with Gasteiger partial charge in [-0.15, -0.1) is 5.11 Å². The van der Waals surface area contributed by atoms with Gasteiger partial charge in [0.05, 0.1) is 5.69 Å². The molecule has 0 heterocycles. The molecule has 0 saturated carbocycles. The van der Waals surface area contributed by atoms with E-state index in [4.69, 9.17) is 4.55 Å². The number of benzene rings is 1. The summed E-state index contributed by atoms with van der Waals surface area (Å²) in [5, 5.41) is 3.09. The van der Waals surface area contributed by atoms with Crippen LogP contribution in [-0.4, -0.2) is 13.0 Å². The number of nitrogens with zero attached hydrogens (tertiary/aromatic N) is 2. The van der Waals surface area contributed by atoms with Gasteiger partial charge in [0, 0.05) is 6.07 Å². The first-order valence-corrected chi connectivity index (χ1v) is 4.53. The van der Waals surface area contributed by atoms with E-state index in [9.17, 15) is 12.8 Å². The van der Waals surface area contributed by atoms with Crippen LogP contribution in [0.4, 0.5) is 10.1 Å². The molecule has 1 aromatic rings. The van der Waals surface area contributed by atoms with Gasteiger partial charge in [0.1, 0.15) is 5.82 Å². The SMILES string of the molecule is O=S(=O)(O)/N=N/c1cccc(F)c1. The average Bonchev–Trinajstić information content (AvgIpc) is 2.00. The molecule has 1 rings (SSSR count). The van der Waals surface area contributed by atoms with Gasteiger partial charge in [-0.05, 0) is 16.7 Å². The lowest BCUT2D eigenvalue weighted by Crippen LogP contribution is -1.87. The summed E-state index contributed by atoms with van der Waals surface area (Å²) in [7, 11) is -4.50. The summed E-state index contributed by atoms with van der Waals surface area (Å²) in [5.74, 6) is -0.563. The summed E-state index contributed by atoms with van der Waals surface area (Å²) >= 11 is 0. The summed E-state index contributed by atoms with van der Waals surface area (Å²) < 4.78 is 43.4. The van der Waals surface area contributed by atoms with Crippen LogP contribution in [0, 0.1) is 5.82 Å². The first kappa shape index (κ1) is 9.75. The van der Waals surface area contributed by atoms with Gasteiger partial charge in [0.15, 0.2) is 0 Å². The zero-order valence-corrected chi connectivity index (χ0v) is 7.07. The molecule has 0 bridgehead atoms. The molecular formula is C6H5FN2O3S. The maximum atomic E-state index is 12.5. The molecule has 7 heteroatoms. The van der Waals surface area contributed by atoms with Gasteiger partial charge >= 0.3 is 10.3 Å². The topological polar surface area (TPSA) is 79.1 Å². The smallest absolute Gasteiger partial charge is 0.267 e. The molecule has 1 N–H and O–H groups in total. The highest BCUT2D eigenvalue weighted by Crippen LogP contribution is 2.13. The number of hydrogen-bond donors (Lipinski definition) is 1. The van der Waals surface area contributed by atoms with Gasteiger partial charge in [0.25, 0.3) is 0 Å².